The van der Waals surface area contributed by atoms with Crippen molar-refractivity contribution < 1.29 is 19.1 Å². The van der Waals surface area contributed by atoms with E-state index in [0.717, 1.165) is 27.8 Å². The summed E-state index contributed by atoms with van der Waals surface area (Å²) in [5, 5.41) is 0.969. The first-order chi connectivity index (χ1) is 12.3. The van der Waals surface area contributed by atoms with Gasteiger partial charge in [-0.3, -0.25) is 4.79 Å². The molecule has 0 aliphatic carbocycles. The molecular weight excluding hydrogens is 332 g/mol. The van der Waals surface area contributed by atoms with E-state index in [4.69, 9.17) is 9.47 Å². The average Bonchev–Trinajstić information content (AvgIpc) is 2.84. The van der Waals surface area contributed by atoms with Crippen molar-refractivity contribution in [3.63, 3.8) is 0 Å². The van der Waals surface area contributed by atoms with Crippen LogP contribution in [0.4, 0.5) is 0 Å². The van der Waals surface area contributed by atoms with Gasteiger partial charge in [-0.15, -0.1) is 0 Å². The lowest BCUT2D eigenvalue weighted by molar-refractivity contribution is -0.140. The van der Waals surface area contributed by atoms with Crippen molar-refractivity contribution in [3.05, 3.63) is 29.0 Å². The van der Waals surface area contributed by atoms with E-state index in [1.807, 2.05) is 37.8 Å². The molecule has 26 heavy (non-hydrogen) atoms. The molecule has 0 atom stereocenters. The van der Waals surface area contributed by atoms with Crippen molar-refractivity contribution in [1.82, 2.24) is 9.88 Å². The zero-order chi connectivity index (χ0) is 19.1. The van der Waals surface area contributed by atoms with Crippen molar-refractivity contribution in [2.24, 2.45) is 5.41 Å². The highest BCUT2D eigenvalue weighted by atomic mass is 16.5. The van der Waals surface area contributed by atoms with Crippen LogP contribution in [0.1, 0.15) is 49.3 Å². The first-order valence-corrected chi connectivity index (χ1v) is 8.94. The lowest BCUT2D eigenvalue weighted by Crippen LogP contribution is -2.39. The number of esters is 1. The zero-order valence-corrected chi connectivity index (χ0v) is 16.1. The van der Waals surface area contributed by atoms with Crippen LogP contribution in [0, 0.1) is 5.41 Å². The van der Waals surface area contributed by atoms with E-state index in [-0.39, 0.29) is 11.9 Å². The number of hydrogen-bond donors (Lipinski definition) is 1. The number of carbonyl (C=O) groups is 2. The van der Waals surface area contributed by atoms with Crippen LogP contribution in [0.5, 0.6) is 5.75 Å². The molecule has 0 saturated heterocycles. The molecule has 1 amide bonds. The molecule has 1 aromatic heterocycles. The minimum Gasteiger partial charge on any atom is -0.496 e. The van der Waals surface area contributed by atoms with Gasteiger partial charge in [0.15, 0.2) is 0 Å². The third-order valence-corrected chi connectivity index (χ3v) is 4.74. The largest absolute Gasteiger partial charge is 0.496 e. The topological polar surface area (TPSA) is 71.6 Å². The number of carbonyl (C=O) groups excluding carboxylic acids is 2. The van der Waals surface area contributed by atoms with Crippen molar-refractivity contribution in [1.29, 1.82) is 0 Å². The Morgan fingerprint density at radius 3 is 2.58 bits per heavy atom. The molecular formula is C20H26N2O4. The number of nitrogens with zero attached hydrogens (tertiary/aromatic N) is 1. The number of nitrogens with one attached hydrogen (secondary N) is 1. The molecule has 1 aliphatic rings. The molecule has 1 aromatic carbocycles. The molecule has 6 nitrogen and oxygen atoms in total. The number of rotatable bonds is 3. The summed E-state index contributed by atoms with van der Waals surface area (Å²) in [6, 6.07) is 3.78. The molecule has 140 valence electrons. The molecule has 0 saturated carbocycles. The van der Waals surface area contributed by atoms with Gasteiger partial charge in [0.1, 0.15) is 11.4 Å². The van der Waals surface area contributed by atoms with Gasteiger partial charge < -0.3 is 19.4 Å². The minimum absolute atomic E-state index is 0.0865. The van der Waals surface area contributed by atoms with E-state index >= 15 is 0 Å². The molecule has 0 spiro atoms. The highest BCUT2D eigenvalue weighted by Gasteiger charge is 2.32. The van der Waals surface area contributed by atoms with Crippen LogP contribution >= 0.6 is 0 Å². The molecule has 2 aromatic rings. The Hall–Kier alpha value is -2.50. The second-order valence-electron chi connectivity index (χ2n) is 7.59. The number of benzene rings is 1. The van der Waals surface area contributed by atoms with Crippen molar-refractivity contribution in [3.8, 4) is 5.75 Å². The molecule has 0 radical (unpaired) electrons. The van der Waals surface area contributed by atoms with Crippen LogP contribution in [-0.2, 0) is 22.5 Å². The first kappa shape index (κ1) is 18.3. The molecule has 0 fully saturated rings. The summed E-state index contributed by atoms with van der Waals surface area (Å²) in [5.74, 6) is 0.448. The maximum Gasteiger partial charge on any atom is 0.355 e. The van der Waals surface area contributed by atoms with Crippen LogP contribution in [0.2, 0.25) is 0 Å². The third kappa shape index (κ3) is 3.04. The first-order valence-electron chi connectivity index (χ1n) is 8.94. The van der Waals surface area contributed by atoms with Crippen molar-refractivity contribution in [2.45, 2.75) is 40.7 Å². The second kappa shape index (κ2) is 6.67. The summed E-state index contributed by atoms with van der Waals surface area (Å²) in [7, 11) is 1.62. The zero-order valence-electron chi connectivity index (χ0n) is 16.1. The molecule has 0 bridgehead atoms. The summed E-state index contributed by atoms with van der Waals surface area (Å²) < 4.78 is 10.8. The van der Waals surface area contributed by atoms with Gasteiger partial charge in [0.25, 0.3) is 0 Å². The van der Waals surface area contributed by atoms with Crippen LogP contribution in [0.3, 0.4) is 0 Å². The minimum atomic E-state index is -0.467. The van der Waals surface area contributed by atoms with Crippen LogP contribution < -0.4 is 4.74 Å². The molecule has 0 unspecified atom stereocenters. The van der Waals surface area contributed by atoms with Gasteiger partial charge in [-0.2, -0.15) is 0 Å². The Bertz CT molecular complexity index is 861. The summed E-state index contributed by atoms with van der Waals surface area (Å²) in [6.45, 7) is 8.88. The fourth-order valence-corrected chi connectivity index (χ4v) is 3.55. The maximum absolute atomic E-state index is 12.9. The summed E-state index contributed by atoms with van der Waals surface area (Å²) in [5.41, 5.74) is 2.70. The number of H-pyrrole nitrogens is 1. The molecule has 3 rings (SSSR count). The Labute approximate surface area is 153 Å². The van der Waals surface area contributed by atoms with Gasteiger partial charge in [-0.1, -0.05) is 20.8 Å². The summed E-state index contributed by atoms with van der Waals surface area (Å²) in [4.78, 5) is 30.3. The molecule has 2 heterocycles. The SMILES string of the molecule is CCOC(=O)c1[nH]c2ccc(OC)c3c2c1CCN(C(=O)C(C)(C)C)C3. The number of aromatic nitrogens is 1. The van der Waals surface area contributed by atoms with Gasteiger partial charge in [0.05, 0.1) is 13.7 Å². The quantitative estimate of drug-likeness (QED) is 0.855. The molecule has 1 N–H and O–H groups in total. The van der Waals surface area contributed by atoms with E-state index in [9.17, 15) is 9.59 Å². The summed E-state index contributed by atoms with van der Waals surface area (Å²) >= 11 is 0. The number of aromatic amines is 1. The smallest absolute Gasteiger partial charge is 0.355 e. The standard InChI is InChI=1S/C20H26N2O4/c1-6-26-18(23)17-12-9-10-22(19(24)20(2,3)4)11-13-15(25-5)8-7-14(21-17)16(12)13/h7-8,21H,6,9-11H2,1-5H3. The summed E-state index contributed by atoms with van der Waals surface area (Å²) in [6.07, 6.45) is 0.593. The lowest BCUT2D eigenvalue weighted by atomic mass is 9.94. The monoisotopic (exact) mass is 358 g/mol. The fraction of sp³-hybridized carbons (Fsp3) is 0.500. The van der Waals surface area contributed by atoms with Crippen molar-refractivity contribution in [2.75, 3.05) is 20.3 Å². The predicted octanol–water partition coefficient (Wildman–Crippen LogP) is 3.28. The van der Waals surface area contributed by atoms with E-state index in [1.54, 1.807) is 14.0 Å². The normalized spacial score (nSPS) is 14.3. The van der Waals surface area contributed by atoms with Crippen LogP contribution in [0.25, 0.3) is 10.9 Å². The van der Waals surface area contributed by atoms with E-state index in [0.29, 0.717) is 31.8 Å². The number of amides is 1. The average molecular weight is 358 g/mol. The Balaban J connectivity index is 2.15. The highest BCUT2D eigenvalue weighted by molar-refractivity contribution is 6.00. The highest BCUT2D eigenvalue weighted by Crippen LogP contribution is 2.37. The predicted molar refractivity (Wildman–Crippen MR) is 99.4 cm³/mol. The van der Waals surface area contributed by atoms with Gasteiger partial charge in [-0.05, 0) is 31.0 Å². The van der Waals surface area contributed by atoms with Crippen LogP contribution in [-0.4, -0.2) is 42.0 Å². The van der Waals surface area contributed by atoms with Gasteiger partial charge in [0.2, 0.25) is 5.91 Å². The molecule has 1 aliphatic heterocycles. The van der Waals surface area contributed by atoms with Gasteiger partial charge in [0, 0.05) is 35.0 Å². The van der Waals surface area contributed by atoms with E-state index < -0.39 is 5.41 Å². The van der Waals surface area contributed by atoms with Gasteiger partial charge >= 0.3 is 5.97 Å². The third-order valence-electron chi connectivity index (χ3n) is 4.74. The number of hydrogen-bond acceptors (Lipinski definition) is 4. The lowest BCUT2D eigenvalue weighted by Gasteiger charge is -2.29. The maximum atomic E-state index is 12.9. The second-order valence-corrected chi connectivity index (χ2v) is 7.59. The Kier molecular flexibility index (Phi) is 4.69. The molecule has 6 heteroatoms. The van der Waals surface area contributed by atoms with E-state index in [1.165, 1.54) is 0 Å². The Morgan fingerprint density at radius 2 is 1.96 bits per heavy atom. The van der Waals surface area contributed by atoms with Crippen molar-refractivity contribution >= 4 is 22.8 Å². The van der Waals surface area contributed by atoms with E-state index in [2.05, 4.69) is 4.98 Å². The Morgan fingerprint density at radius 1 is 1.23 bits per heavy atom. The fourth-order valence-electron chi connectivity index (χ4n) is 3.55. The van der Waals surface area contributed by atoms with Gasteiger partial charge in [-0.25, -0.2) is 4.79 Å². The number of ether oxygens (including phenoxy) is 2. The van der Waals surface area contributed by atoms with Crippen LogP contribution in [0.15, 0.2) is 12.1 Å². The number of methoxy groups -OCH3 is 1.